The van der Waals surface area contributed by atoms with Gasteiger partial charge in [0.05, 0.1) is 11.4 Å². The fourth-order valence-electron chi connectivity index (χ4n) is 1.68. The monoisotopic (exact) mass is 283 g/mol. The second kappa shape index (κ2) is 7.91. The van der Waals surface area contributed by atoms with Gasteiger partial charge >= 0.3 is 0 Å². The van der Waals surface area contributed by atoms with E-state index in [4.69, 9.17) is 5.11 Å². The molecule has 1 amide bonds. The molecule has 0 unspecified atom stereocenters. The fourth-order valence-corrected chi connectivity index (χ4v) is 1.68. The molecule has 0 saturated heterocycles. The molecule has 2 aromatic carbocycles. The van der Waals surface area contributed by atoms with E-state index in [0.29, 0.717) is 24.2 Å². The van der Waals surface area contributed by atoms with E-state index in [9.17, 15) is 4.79 Å². The van der Waals surface area contributed by atoms with Crippen molar-refractivity contribution >= 4 is 23.0 Å². The van der Waals surface area contributed by atoms with Gasteiger partial charge in [-0.25, -0.2) is 0 Å². The molecule has 0 bridgehead atoms. The summed E-state index contributed by atoms with van der Waals surface area (Å²) in [6.07, 6.45) is 0.779. The molecule has 5 nitrogen and oxygen atoms in total. The maximum atomic E-state index is 11.5. The van der Waals surface area contributed by atoms with E-state index in [1.807, 2.05) is 30.3 Å². The van der Waals surface area contributed by atoms with Gasteiger partial charge in [0.25, 0.3) is 0 Å². The van der Waals surface area contributed by atoms with Gasteiger partial charge in [0.1, 0.15) is 0 Å². The number of carbonyl (C=O) groups is 1. The molecule has 0 aliphatic rings. The Morgan fingerprint density at radius 2 is 1.57 bits per heavy atom. The highest BCUT2D eigenvalue weighted by atomic mass is 16.3. The predicted molar refractivity (Wildman–Crippen MR) is 82.0 cm³/mol. The van der Waals surface area contributed by atoms with Crippen molar-refractivity contribution in [1.82, 2.24) is 0 Å². The molecular weight excluding hydrogens is 266 g/mol. The number of hydrogen-bond acceptors (Lipinski definition) is 4. The van der Waals surface area contributed by atoms with Gasteiger partial charge in [0.2, 0.25) is 5.91 Å². The SMILES string of the molecule is O=C(CCCO)Nc1ccc(N=Nc2ccccc2)cc1. The average molecular weight is 283 g/mol. The quantitative estimate of drug-likeness (QED) is 0.791. The van der Waals surface area contributed by atoms with Crippen molar-refractivity contribution in [3.8, 4) is 0 Å². The van der Waals surface area contributed by atoms with Crippen LogP contribution in [0.5, 0.6) is 0 Å². The van der Waals surface area contributed by atoms with Crippen molar-refractivity contribution in [1.29, 1.82) is 0 Å². The number of hydrogen-bond donors (Lipinski definition) is 2. The zero-order valence-corrected chi connectivity index (χ0v) is 11.6. The Hall–Kier alpha value is -2.53. The second-order valence-electron chi connectivity index (χ2n) is 4.46. The molecule has 2 aromatic rings. The van der Waals surface area contributed by atoms with Crippen LogP contribution in [0.4, 0.5) is 17.1 Å². The molecule has 0 heterocycles. The largest absolute Gasteiger partial charge is 0.396 e. The summed E-state index contributed by atoms with van der Waals surface area (Å²) in [5.74, 6) is -0.109. The summed E-state index contributed by atoms with van der Waals surface area (Å²) in [4.78, 5) is 11.5. The molecule has 0 radical (unpaired) electrons. The molecule has 0 fully saturated rings. The van der Waals surface area contributed by atoms with E-state index < -0.39 is 0 Å². The van der Waals surface area contributed by atoms with Crippen LogP contribution in [-0.4, -0.2) is 17.6 Å². The minimum absolute atomic E-state index is 0.0201. The first-order valence-corrected chi connectivity index (χ1v) is 6.75. The van der Waals surface area contributed by atoms with Crippen LogP contribution in [-0.2, 0) is 4.79 Å². The highest BCUT2D eigenvalue weighted by molar-refractivity contribution is 5.90. The summed E-state index contributed by atoms with van der Waals surface area (Å²) in [6.45, 7) is 0.0201. The first kappa shape index (κ1) is 14.9. The fraction of sp³-hybridized carbons (Fsp3) is 0.188. The Morgan fingerprint density at radius 3 is 2.19 bits per heavy atom. The number of nitrogens with zero attached hydrogens (tertiary/aromatic N) is 2. The Balaban J connectivity index is 1.93. The van der Waals surface area contributed by atoms with Crippen molar-refractivity contribution in [3.05, 3.63) is 54.6 Å². The van der Waals surface area contributed by atoms with Gasteiger partial charge in [-0.1, -0.05) is 18.2 Å². The molecular formula is C16H17N3O2. The minimum atomic E-state index is -0.109. The summed E-state index contributed by atoms with van der Waals surface area (Å²) in [6, 6.07) is 16.6. The molecule has 5 heteroatoms. The molecule has 0 aliphatic carbocycles. The molecule has 108 valence electrons. The summed E-state index contributed by atoms with van der Waals surface area (Å²) in [7, 11) is 0. The Morgan fingerprint density at radius 1 is 0.952 bits per heavy atom. The van der Waals surface area contributed by atoms with Crippen LogP contribution in [0.3, 0.4) is 0 Å². The number of nitrogens with one attached hydrogen (secondary N) is 1. The van der Waals surface area contributed by atoms with Crippen LogP contribution >= 0.6 is 0 Å². The molecule has 0 spiro atoms. The number of azo groups is 1. The normalized spacial score (nSPS) is 10.7. The Labute approximate surface area is 123 Å². The molecule has 0 saturated carbocycles. The summed E-state index contributed by atoms with van der Waals surface area (Å²) < 4.78 is 0. The highest BCUT2D eigenvalue weighted by Gasteiger charge is 2.01. The third-order valence-corrected chi connectivity index (χ3v) is 2.75. The summed E-state index contributed by atoms with van der Waals surface area (Å²) in [5, 5.41) is 19.7. The maximum absolute atomic E-state index is 11.5. The van der Waals surface area contributed by atoms with Crippen LogP contribution in [0, 0.1) is 0 Å². The standard InChI is InChI=1S/C16H17N3O2/c20-12-4-7-16(21)17-13-8-10-15(11-9-13)19-18-14-5-2-1-3-6-14/h1-3,5-6,8-11,20H,4,7,12H2,(H,17,21). The predicted octanol–water partition coefficient (Wildman–Crippen LogP) is 3.81. The third-order valence-electron chi connectivity index (χ3n) is 2.75. The Kier molecular flexibility index (Phi) is 5.60. The lowest BCUT2D eigenvalue weighted by Gasteiger charge is -2.04. The molecule has 2 rings (SSSR count). The topological polar surface area (TPSA) is 74.0 Å². The van der Waals surface area contributed by atoms with Gasteiger partial charge < -0.3 is 10.4 Å². The van der Waals surface area contributed by atoms with E-state index in [0.717, 1.165) is 5.69 Å². The number of amides is 1. The molecule has 21 heavy (non-hydrogen) atoms. The Bertz CT molecular complexity index is 595. The van der Waals surface area contributed by atoms with E-state index in [1.165, 1.54) is 0 Å². The minimum Gasteiger partial charge on any atom is -0.396 e. The lowest BCUT2D eigenvalue weighted by atomic mass is 10.2. The number of rotatable bonds is 6. The van der Waals surface area contributed by atoms with Crippen molar-refractivity contribution in [3.63, 3.8) is 0 Å². The van der Waals surface area contributed by atoms with E-state index in [-0.39, 0.29) is 12.5 Å². The summed E-state index contributed by atoms with van der Waals surface area (Å²) >= 11 is 0. The number of aliphatic hydroxyl groups is 1. The number of aliphatic hydroxyl groups excluding tert-OH is 1. The number of anilines is 1. The van der Waals surface area contributed by atoms with E-state index in [2.05, 4.69) is 15.5 Å². The van der Waals surface area contributed by atoms with Crippen molar-refractivity contribution in [2.45, 2.75) is 12.8 Å². The van der Waals surface area contributed by atoms with Gasteiger partial charge in [-0.2, -0.15) is 10.2 Å². The average Bonchev–Trinajstić information content (AvgIpc) is 2.53. The van der Waals surface area contributed by atoms with Crippen LogP contribution < -0.4 is 5.32 Å². The smallest absolute Gasteiger partial charge is 0.224 e. The lowest BCUT2D eigenvalue weighted by Crippen LogP contribution is -2.11. The second-order valence-corrected chi connectivity index (χ2v) is 4.46. The van der Waals surface area contributed by atoms with Crippen molar-refractivity contribution in [2.75, 3.05) is 11.9 Å². The maximum Gasteiger partial charge on any atom is 0.224 e. The van der Waals surface area contributed by atoms with Gasteiger partial charge in [-0.15, -0.1) is 0 Å². The molecule has 0 atom stereocenters. The highest BCUT2D eigenvalue weighted by Crippen LogP contribution is 2.20. The lowest BCUT2D eigenvalue weighted by molar-refractivity contribution is -0.116. The van der Waals surface area contributed by atoms with Gasteiger partial charge in [0, 0.05) is 18.7 Å². The number of carbonyl (C=O) groups excluding carboxylic acids is 1. The van der Waals surface area contributed by atoms with Gasteiger partial charge in [0.15, 0.2) is 0 Å². The first-order chi connectivity index (χ1) is 10.3. The zero-order chi connectivity index (χ0) is 14.9. The van der Waals surface area contributed by atoms with Crippen LogP contribution in [0.1, 0.15) is 12.8 Å². The van der Waals surface area contributed by atoms with Crippen LogP contribution in [0.15, 0.2) is 64.8 Å². The zero-order valence-electron chi connectivity index (χ0n) is 11.6. The van der Waals surface area contributed by atoms with Crippen molar-refractivity contribution in [2.24, 2.45) is 10.2 Å². The van der Waals surface area contributed by atoms with E-state index in [1.54, 1.807) is 24.3 Å². The molecule has 0 aliphatic heterocycles. The van der Waals surface area contributed by atoms with Gasteiger partial charge in [-0.05, 0) is 42.8 Å². The van der Waals surface area contributed by atoms with Crippen molar-refractivity contribution < 1.29 is 9.90 Å². The number of benzene rings is 2. The van der Waals surface area contributed by atoms with Crippen LogP contribution in [0.2, 0.25) is 0 Å². The molecule has 0 aromatic heterocycles. The molecule has 2 N–H and O–H groups in total. The third kappa shape index (κ3) is 5.16. The van der Waals surface area contributed by atoms with E-state index >= 15 is 0 Å². The first-order valence-electron chi connectivity index (χ1n) is 6.75. The van der Waals surface area contributed by atoms with Crippen LogP contribution in [0.25, 0.3) is 0 Å². The summed E-state index contributed by atoms with van der Waals surface area (Å²) in [5.41, 5.74) is 2.21. The van der Waals surface area contributed by atoms with Gasteiger partial charge in [-0.3, -0.25) is 4.79 Å².